The average Bonchev–Trinajstić information content (AvgIpc) is 2.65. The van der Waals surface area contributed by atoms with Gasteiger partial charge >= 0.3 is 5.97 Å². The predicted octanol–water partition coefficient (Wildman–Crippen LogP) is 3.07. The van der Waals surface area contributed by atoms with Crippen LogP contribution in [-0.2, 0) is 20.1 Å². The largest absolute Gasteiger partial charge is 0.469 e. The number of para-hydroxylation sites is 1. The van der Waals surface area contributed by atoms with E-state index < -0.39 is 0 Å². The van der Waals surface area contributed by atoms with Crippen LogP contribution in [0.2, 0.25) is 0 Å². The maximum Gasteiger partial charge on any atom is 0.308 e. The first-order valence-corrected chi connectivity index (χ1v) is 9.92. The molecule has 1 aromatic rings. The molecule has 1 aromatic carbocycles. The molecular formula is C17H20N2O3S2. The summed E-state index contributed by atoms with van der Waals surface area (Å²) in [6, 6.07) is 8.10. The van der Waals surface area contributed by atoms with E-state index in [1.165, 1.54) is 24.4 Å². The topological polar surface area (TPSA) is 59.0 Å². The summed E-state index contributed by atoms with van der Waals surface area (Å²) in [6.45, 7) is 1.25. The van der Waals surface area contributed by atoms with E-state index in [1.54, 1.807) is 11.8 Å². The summed E-state index contributed by atoms with van der Waals surface area (Å²) in [4.78, 5) is 30.3. The van der Waals surface area contributed by atoms with Gasteiger partial charge in [0, 0.05) is 18.8 Å². The van der Waals surface area contributed by atoms with Crippen molar-refractivity contribution in [2.24, 2.45) is 10.9 Å². The number of thioether (sulfide) groups is 2. The van der Waals surface area contributed by atoms with Gasteiger partial charge in [0.2, 0.25) is 5.91 Å². The lowest BCUT2D eigenvalue weighted by Crippen LogP contribution is -2.41. The van der Waals surface area contributed by atoms with Crippen LogP contribution in [-0.4, -0.2) is 47.1 Å². The molecule has 0 N–H and O–H groups in total. The minimum atomic E-state index is -0.164. The third-order valence-corrected chi connectivity index (χ3v) is 6.49. The number of methoxy groups -OCH3 is 1. The van der Waals surface area contributed by atoms with Crippen molar-refractivity contribution in [2.75, 3.05) is 26.0 Å². The molecule has 0 atom stereocenters. The van der Waals surface area contributed by atoms with E-state index in [1.807, 2.05) is 23.1 Å². The number of aliphatic imine (C=N–C) groups is 1. The Morgan fingerprint density at radius 1 is 1.33 bits per heavy atom. The fourth-order valence-electron chi connectivity index (χ4n) is 2.83. The van der Waals surface area contributed by atoms with Crippen LogP contribution in [0.25, 0.3) is 0 Å². The molecule has 24 heavy (non-hydrogen) atoms. The van der Waals surface area contributed by atoms with Gasteiger partial charge in [-0.05, 0) is 24.5 Å². The molecule has 0 bridgehead atoms. The lowest BCUT2D eigenvalue weighted by Gasteiger charge is -2.30. The van der Waals surface area contributed by atoms with Crippen LogP contribution in [0.5, 0.6) is 0 Å². The van der Waals surface area contributed by atoms with E-state index in [0.717, 1.165) is 15.8 Å². The van der Waals surface area contributed by atoms with Crippen LogP contribution in [0.15, 0.2) is 29.3 Å². The molecule has 0 aliphatic carbocycles. The normalized spacial score (nSPS) is 17.9. The van der Waals surface area contributed by atoms with Gasteiger partial charge in [0.15, 0.2) is 0 Å². The highest BCUT2D eigenvalue weighted by Gasteiger charge is 2.28. The van der Waals surface area contributed by atoms with E-state index in [2.05, 4.69) is 11.1 Å². The van der Waals surface area contributed by atoms with E-state index >= 15 is 0 Å². The second-order valence-corrected chi connectivity index (χ2v) is 7.95. The van der Waals surface area contributed by atoms with Crippen molar-refractivity contribution in [1.29, 1.82) is 0 Å². The number of carbonyl (C=O) groups excluding carboxylic acids is 2. The van der Waals surface area contributed by atoms with E-state index in [4.69, 9.17) is 4.74 Å². The molecule has 0 spiro atoms. The number of nitrogens with zero attached hydrogens (tertiary/aromatic N) is 2. The molecule has 0 saturated carbocycles. The molecule has 0 aromatic heterocycles. The number of esters is 1. The Morgan fingerprint density at radius 2 is 2.08 bits per heavy atom. The summed E-state index contributed by atoms with van der Waals surface area (Å²) >= 11 is 3.19. The smallest absolute Gasteiger partial charge is 0.308 e. The SMILES string of the molecule is COC(=O)C1CCN(C(=O)CSC2=Nc3ccccc3CS2)CC1. The predicted molar refractivity (Wildman–Crippen MR) is 98.6 cm³/mol. The van der Waals surface area contributed by atoms with Crippen LogP contribution in [0.3, 0.4) is 0 Å². The van der Waals surface area contributed by atoms with Gasteiger partial charge in [0.25, 0.3) is 0 Å². The highest BCUT2D eigenvalue weighted by atomic mass is 32.2. The quantitative estimate of drug-likeness (QED) is 0.772. The van der Waals surface area contributed by atoms with Crippen LogP contribution in [0.1, 0.15) is 18.4 Å². The molecule has 1 fully saturated rings. The number of amides is 1. The minimum absolute atomic E-state index is 0.0681. The molecule has 1 saturated heterocycles. The third-order valence-electron chi connectivity index (χ3n) is 4.26. The zero-order valence-electron chi connectivity index (χ0n) is 13.6. The third kappa shape index (κ3) is 4.13. The van der Waals surface area contributed by atoms with Crippen LogP contribution < -0.4 is 0 Å². The molecule has 2 aliphatic heterocycles. The van der Waals surface area contributed by atoms with Crippen molar-refractivity contribution in [1.82, 2.24) is 4.90 Å². The van der Waals surface area contributed by atoms with Gasteiger partial charge in [0.05, 0.1) is 24.5 Å². The first-order chi connectivity index (χ1) is 11.7. The molecule has 3 rings (SSSR count). The van der Waals surface area contributed by atoms with Gasteiger partial charge in [-0.1, -0.05) is 41.7 Å². The Kier molecular flexibility index (Phi) is 5.84. The highest BCUT2D eigenvalue weighted by molar-refractivity contribution is 8.38. The highest BCUT2D eigenvalue weighted by Crippen LogP contribution is 2.34. The summed E-state index contributed by atoms with van der Waals surface area (Å²) < 4.78 is 5.73. The van der Waals surface area contributed by atoms with Gasteiger partial charge < -0.3 is 9.64 Å². The lowest BCUT2D eigenvalue weighted by atomic mass is 9.97. The molecular weight excluding hydrogens is 344 g/mol. The number of fused-ring (bicyclic) bond motifs is 1. The van der Waals surface area contributed by atoms with E-state index in [0.29, 0.717) is 31.7 Å². The zero-order valence-corrected chi connectivity index (χ0v) is 15.2. The van der Waals surface area contributed by atoms with Gasteiger partial charge in [0.1, 0.15) is 4.38 Å². The first-order valence-electron chi connectivity index (χ1n) is 7.95. The van der Waals surface area contributed by atoms with E-state index in [9.17, 15) is 9.59 Å². The number of ether oxygens (including phenoxy) is 1. The molecule has 128 valence electrons. The Balaban J connectivity index is 1.49. The summed E-state index contributed by atoms with van der Waals surface area (Å²) in [5.74, 6) is 1.19. The van der Waals surface area contributed by atoms with Crippen molar-refractivity contribution in [2.45, 2.75) is 18.6 Å². The van der Waals surface area contributed by atoms with Crippen molar-refractivity contribution >= 4 is 45.5 Å². The fourth-order valence-corrected chi connectivity index (χ4v) is 4.80. The Bertz CT molecular complexity index is 655. The standard InChI is InChI=1S/C17H20N2O3S2/c1-22-16(21)12-6-8-19(9-7-12)15(20)11-24-17-18-14-5-3-2-4-13(14)10-23-17/h2-5,12H,6-11H2,1H3. The average molecular weight is 364 g/mol. The number of rotatable bonds is 3. The number of carbonyl (C=O) groups is 2. The maximum absolute atomic E-state index is 12.4. The number of hydrogen-bond donors (Lipinski definition) is 0. The Morgan fingerprint density at radius 3 is 2.83 bits per heavy atom. The monoisotopic (exact) mass is 364 g/mol. The van der Waals surface area contributed by atoms with Crippen molar-refractivity contribution in [3.63, 3.8) is 0 Å². The summed E-state index contributed by atoms with van der Waals surface area (Å²) in [5, 5.41) is 0. The number of piperidine rings is 1. The lowest BCUT2D eigenvalue weighted by molar-refractivity contribution is -0.148. The molecule has 2 aliphatic rings. The molecule has 0 radical (unpaired) electrons. The van der Waals surface area contributed by atoms with Gasteiger partial charge in [-0.2, -0.15) is 0 Å². The Hall–Kier alpha value is -1.47. The molecule has 0 unspecified atom stereocenters. The van der Waals surface area contributed by atoms with Crippen LogP contribution in [0.4, 0.5) is 5.69 Å². The minimum Gasteiger partial charge on any atom is -0.469 e. The first kappa shape index (κ1) is 17.4. The number of hydrogen-bond acceptors (Lipinski definition) is 6. The number of benzene rings is 1. The summed E-state index contributed by atoms with van der Waals surface area (Å²) in [6.07, 6.45) is 1.37. The molecule has 5 nitrogen and oxygen atoms in total. The zero-order chi connectivity index (χ0) is 16.9. The second-order valence-electron chi connectivity index (χ2n) is 5.76. The fraction of sp³-hybridized carbons (Fsp3) is 0.471. The summed E-state index contributed by atoms with van der Waals surface area (Å²) in [5.41, 5.74) is 2.24. The Labute approximate surface area is 150 Å². The molecule has 2 heterocycles. The van der Waals surface area contributed by atoms with Gasteiger partial charge in [-0.25, -0.2) is 4.99 Å². The van der Waals surface area contributed by atoms with Crippen molar-refractivity contribution < 1.29 is 14.3 Å². The van der Waals surface area contributed by atoms with Gasteiger partial charge in [-0.3, -0.25) is 9.59 Å². The second kappa shape index (κ2) is 8.07. The van der Waals surface area contributed by atoms with Crippen LogP contribution in [0, 0.1) is 5.92 Å². The van der Waals surface area contributed by atoms with Crippen LogP contribution >= 0.6 is 23.5 Å². The molecule has 1 amide bonds. The van der Waals surface area contributed by atoms with Crippen molar-refractivity contribution in [3.8, 4) is 0 Å². The summed E-state index contributed by atoms with van der Waals surface area (Å²) in [7, 11) is 1.41. The van der Waals surface area contributed by atoms with E-state index in [-0.39, 0.29) is 17.8 Å². The van der Waals surface area contributed by atoms with Crippen molar-refractivity contribution in [3.05, 3.63) is 29.8 Å². The maximum atomic E-state index is 12.4. The van der Waals surface area contributed by atoms with Gasteiger partial charge in [-0.15, -0.1) is 0 Å². The molecule has 7 heteroatoms. The number of likely N-dealkylation sites (tertiary alicyclic amines) is 1.